The molecule has 1 aliphatic heterocycles. The fourth-order valence-corrected chi connectivity index (χ4v) is 2.92. The zero-order valence-electron chi connectivity index (χ0n) is 12.7. The average Bonchev–Trinajstić information content (AvgIpc) is 2.57. The second-order valence-corrected chi connectivity index (χ2v) is 5.78. The largest absolute Gasteiger partial charge is 0.369 e. The number of anilines is 1. The molecule has 2 aromatic carbocycles. The molecule has 2 N–H and O–H groups in total. The highest BCUT2D eigenvalue weighted by atomic mass is 19.1. The van der Waals surface area contributed by atoms with Crippen LogP contribution < -0.4 is 10.6 Å². The van der Waals surface area contributed by atoms with Gasteiger partial charge in [-0.2, -0.15) is 0 Å². The maximum atomic E-state index is 13.0. The number of hydrogen-bond acceptors (Lipinski definition) is 3. The highest BCUT2D eigenvalue weighted by molar-refractivity contribution is 5.46. The Balaban J connectivity index is 1.52. The molecule has 0 spiro atoms. The van der Waals surface area contributed by atoms with Gasteiger partial charge in [-0.15, -0.1) is 0 Å². The first-order valence-electron chi connectivity index (χ1n) is 7.76. The summed E-state index contributed by atoms with van der Waals surface area (Å²) >= 11 is 0. The van der Waals surface area contributed by atoms with Crippen LogP contribution in [0.4, 0.5) is 10.1 Å². The van der Waals surface area contributed by atoms with Crippen molar-refractivity contribution in [3.63, 3.8) is 0 Å². The van der Waals surface area contributed by atoms with Gasteiger partial charge in [0.2, 0.25) is 0 Å². The van der Waals surface area contributed by atoms with Gasteiger partial charge >= 0.3 is 0 Å². The van der Waals surface area contributed by atoms with Gasteiger partial charge in [0.25, 0.3) is 0 Å². The predicted molar refractivity (Wildman–Crippen MR) is 88.4 cm³/mol. The van der Waals surface area contributed by atoms with Crippen LogP contribution in [0.2, 0.25) is 0 Å². The molecule has 0 bridgehead atoms. The number of halogens is 1. The Kier molecular flexibility index (Phi) is 4.71. The molecule has 0 aliphatic carbocycles. The molecule has 1 aliphatic rings. The molecule has 22 heavy (non-hydrogen) atoms. The molecule has 4 heteroatoms. The molecule has 0 radical (unpaired) electrons. The lowest BCUT2D eigenvalue weighted by Gasteiger charge is -2.37. The van der Waals surface area contributed by atoms with E-state index >= 15 is 0 Å². The van der Waals surface area contributed by atoms with Gasteiger partial charge in [-0.25, -0.2) is 4.39 Å². The van der Waals surface area contributed by atoms with E-state index in [4.69, 9.17) is 5.73 Å². The third-order valence-electron chi connectivity index (χ3n) is 4.25. The molecule has 1 unspecified atom stereocenters. The Hall–Kier alpha value is -1.91. The highest BCUT2D eigenvalue weighted by Gasteiger charge is 2.19. The van der Waals surface area contributed by atoms with E-state index in [2.05, 4.69) is 21.9 Å². The van der Waals surface area contributed by atoms with Gasteiger partial charge < -0.3 is 10.6 Å². The molecular weight excluding hydrogens is 277 g/mol. The number of benzene rings is 2. The standard InChI is InChI=1S/C18H22FN3/c19-16-6-8-17(9-7-16)22-12-10-21(11-13-22)14-18(20)15-4-2-1-3-5-15/h1-9,18H,10-14,20H2. The molecule has 1 heterocycles. The van der Waals surface area contributed by atoms with E-state index in [1.165, 1.54) is 17.7 Å². The van der Waals surface area contributed by atoms with Gasteiger partial charge in [0.1, 0.15) is 5.82 Å². The topological polar surface area (TPSA) is 32.5 Å². The smallest absolute Gasteiger partial charge is 0.123 e. The lowest BCUT2D eigenvalue weighted by Crippen LogP contribution is -2.48. The summed E-state index contributed by atoms with van der Waals surface area (Å²) in [6.07, 6.45) is 0. The van der Waals surface area contributed by atoms with E-state index < -0.39 is 0 Å². The first-order valence-corrected chi connectivity index (χ1v) is 7.76. The minimum Gasteiger partial charge on any atom is -0.369 e. The normalized spacial score (nSPS) is 17.5. The SMILES string of the molecule is NC(CN1CCN(c2ccc(F)cc2)CC1)c1ccccc1. The third-order valence-corrected chi connectivity index (χ3v) is 4.25. The molecule has 0 aromatic heterocycles. The molecular formula is C18H22FN3. The van der Waals surface area contributed by atoms with Gasteiger partial charge in [0.05, 0.1) is 0 Å². The van der Waals surface area contributed by atoms with E-state index in [-0.39, 0.29) is 11.9 Å². The van der Waals surface area contributed by atoms with Gasteiger partial charge in [0.15, 0.2) is 0 Å². The van der Waals surface area contributed by atoms with Crippen LogP contribution in [-0.4, -0.2) is 37.6 Å². The van der Waals surface area contributed by atoms with Crippen LogP contribution in [0.1, 0.15) is 11.6 Å². The van der Waals surface area contributed by atoms with E-state index in [1.807, 2.05) is 30.3 Å². The zero-order valence-corrected chi connectivity index (χ0v) is 12.7. The van der Waals surface area contributed by atoms with E-state index in [0.717, 1.165) is 38.4 Å². The van der Waals surface area contributed by atoms with Crippen molar-refractivity contribution in [2.75, 3.05) is 37.6 Å². The maximum Gasteiger partial charge on any atom is 0.123 e. The molecule has 3 rings (SSSR count). The van der Waals surface area contributed by atoms with Crippen molar-refractivity contribution in [2.45, 2.75) is 6.04 Å². The molecule has 1 saturated heterocycles. The average molecular weight is 299 g/mol. The fourth-order valence-electron chi connectivity index (χ4n) is 2.92. The van der Waals surface area contributed by atoms with E-state index in [1.54, 1.807) is 0 Å². The third kappa shape index (κ3) is 3.64. The second-order valence-electron chi connectivity index (χ2n) is 5.78. The van der Waals surface area contributed by atoms with Crippen molar-refractivity contribution < 1.29 is 4.39 Å². The van der Waals surface area contributed by atoms with Crippen molar-refractivity contribution in [2.24, 2.45) is 5.73 Å². The number of nitrogens with zero attached hydrogens (tertiary/aromatic N) is 2. The second kappa shape index (κ2) is 6.90. The molecule has 0 amide bonds. The highest BCUT2D eigenvalue weighted by Crippen LogP contribution is 2.18. The lowest BCUT2D eigenvalue weighted by molar-refractivity contribution is 0.243. The van der Waals surface area contributed by atoms with Gasteiger partial charge in [-0.05, 0) is 29.8 Å². The molecule has 1 fully saturated rings. The zero-order chi connectivity index (χ0) is 15.4. The van der Waals surface area contributed by atoms with Gasteiger partial charge in [-0.1, -0.05) is 30.3 Å². The van der Waals surface area contributed by atoms with Crippen LogP contribution in [0.5, 0.6) is 0 Å². The number of nitrogens with two attached hydrogens (primary N) is 1. The van der Waals surface area contributed by atoms with Crippen LogP contribution >= 0.6 is 0 Å². The van der Waals surface area contributed by atoms with Crippen molar-refractivity contribution in [1.82, 2.24) is 4.90 Å². The van der Waals surface area contributed by atoms with Crippen LogP contribution in [0.25, 0.3) is 0 Å². The molecule has 0 saturated carbocycles. The molecule has 3 nitrogen and oxygen atoms in total. The Bertz CT molecular complexity index is 577. The first-order chi connectivity index (χ1) is 10.7. The van der Waals surface area contributed by atoms with Gasteiger partial charge in [-0.3, -0.25) is 4.90 Å². The lowest BCUT2D eigenvalue weighted by atomic mass is 10.1. The monoisotopic (exact) mass is 299 g/mol. The summed E-state index contributed by atoms with van der Waals surface area (Å²) in [5.41, 5.74) is 8.57. The van der Waals surface area contributed by atoms with Gasteiger partial charge in [0, 0.05) is 44.5 Å². The summed E-state index contributed by atoms with van der Waals surface area (Å²) in [4.78, 5) is 4.70. The minimum absolute atomic E-state index is 0.0542. The quantitative estimate of drug-likeness (QED) is 0.942. The number of rotatable bonds is 4. The van der Waals surface area contributed by atoms with Crippen LogP contribution in [0.15, 0.2) is 54.6 Å². The van der Waals surface area contributed by atoms with Crippen molar-refractivity contribution in [3.05, 3.63) is 66.0 Å². The summed E-state index contributed by atoms with van der Waals surface area (Å²) in [6, 6.07) is 17.0. The van der Waals surface area contributed by atoms with Crippen LogP contribution in [0.3, 0.4) is 0 Å². The van der Waals surface area contributed by atoms with E-state index in [9.17, 15) is 4.39 Å². The Morgan fingerprint density at radius 2 is 1.55 bits per heavy atom. The van der Waals surface area contributed by atoms with Crippen molar-refractivity contribution >= 4 is 5.69 Å². The summed E-state index contributed by atoms with van der Waals surface area (Å²) in [5.74, 6) is -0.184. The number of hydrogen-bond donors (Lipinski definition) is 1. The van der Waals surface area contributed by atoms with Crippen molar-refractivity contribution in [1.29, 1.82) is 0 Å². The predicted octanol–water partition coefficient (Wildman–Crippen LogP) is 2.65. The summed E-state index contributed by atoms with van der Waals surface area (Å²) in [6.45, 7) is 4.75. The molecule has 116 valence electrons. The molecule has 1 atom stereocenters. The summed E-state index contributed by atoms with van der Waals surface area (Å²) in [5, 5.41) is 0. The van der Waals surface area contributed by atoms with Crippen LogP contribution in [-0.2, 0) is 0 Å². The minimum atomic E-state index is -0.184. The van der Waals surface area contributed by atoms with Crippen LogP contribution in [0, 0.1) is 5.82 Å². The Morgan fingerprint density at radius 3 is 2.18 bits per heavy atom. The summed E-state index contributed by atoms with van der Waals surface area (Å²) in [7, 11) is 0. The maximum absolute atomic E-state index is 13.0. The number of piperazine rings is 1. The Morgan fingerprint density at radius 1 is 0.909 bits per heavy atom. The summed E-state index contributed by atoms with van der Waals surface area (Å²) < 4.78 is 13.0. The van der Waals surface area contributed by atoms with E-state index in [0.29, 0.717) is 0 Å². The Labute approximate surface area is 131 Å². The fraction of sp³-hybridized carbons (Fsp3) is 0.333. The van der Waals surface area contributed by atoms with Crippen molar-refractivity contribution in [3.8, 4) is 0 Å². The first kappa shape index (κ1) is 15.0. The molecule has 2 aromatic rings.